The van der Waals surface area contributed by atoms with E-state index in [0.717, 1.165) is 30.5 Å². The monoisotopic (exact) mass is 754 g/mol. The van der Waals surface area contributed by atoms with Crippen LogP contribution >= 0.6 is 11.3 Å². The van der Waals surface area contributed by atoms with Crippen molar-refractivity contribution in [3.05, 3.63) is 75.7 Å². The first kappa shape index (κ1) is 39.6. The van der Waals surface area contributed by atoms with Gasteiger partial charge in [-0.05, 0) is 57.2 Å². The Morgan fingerprint density at radius 3 is 2.55 bits per heavy atom. The van der Waals surface area contributed by atoms with Gasteiger partial charge < -0.3 is 24.4 Å². The van der Waals surface area contributed by atoms with E-state index in [4.69, 9.17) is 14.6 Å². The van der Waals surface area contributed by atoms with Crippen LogP contribution in [0.5, 0.6) is 11.5 Å². The van der Waals surface area contributed by atoms with Gasteiger partial charge in [0.15, 0.2) is 0 Å². The minimum Gasteiger partial charge on any atom is -0.490 e. The summed E-state index contributed by atoms with van der Waals surface area (Å²) in [6, 6.07) is 11.4. The second-order valence-electron chi connectivity index (χ2n) is 13.9. The lowest BCUT2D eigenvalue weighted by atomic mass is 9.72. The predicted octanol–water partition coefficient (Wildman–Crippen LogP) is 7.66. The van der Waals surface area contributed by atoms with Crippen LogP contribution in [0.25, 0.3) is 0 Å². The Kier molecular flexibility index (Phi) is 12.4. The van der Waals surface area contributed by atoms with Crippen molar-refractivity contribution >= 4 is 29.1 Å². The quantitative estimate of drug-likeness (QED) is 0.177. The summed E-state index contributed by atoms with van der Waals surface area (Å²) in [7, 11) is 0. The van der Waals surface area contributed by atoms with Crippen LogP contribution in [0.2, 0.25) is 0 Å². The number of carbonyl (C=O) groups is 3. The van der Waals surface area contributed by atoms with Gasteiger partial charge in [-0.3, -0.25) is 19.4 Å². The van der Waals surface area contributed by atoms with E-state index in [1.54, 1.807) is 35.4 Å². The van der Waals surface area contributed by atoms with E-state index in [0.29, 0.717) is 35.5 Å². The number of ether oxygens (including phenoxy) is 2. The highest BCUT2D eigenvalue weighted by Gasteiger charge is 2.56. The van der Waals surface area contributed by atoms with Crippen molar-refractivity contribution in [2.75, 3.05) is 19.6 Å². The highest BCUT2D eigenvalue weighted by Crippen LogP contribution is 2.44. The summed E-state index contributed by atoms with van der Waals surface area (Å²) >= 11 is 1.14. The summed E-state index contributed by atoms with van der Waals surface area (Å²) in [5.41, 5.74) is -2.72. The Balaban J connectivity index is 1.48. The number of likely N-dealkylation sites (tertiary alicyclic amines) is 2. The molecule has 5 rings (SSSR count). The van der Waals surface area contributed by atoms with E-state index in [1.165, 1.54) is 17.2 Å². The zero-order chi connectivity index (χ0) is 38.4. The Morgan fingerprint density at radius 2 is 1.91 bits per heavy atom. The first-order valence-electron chi connectivity index (χ1n) is 17.9. The van der Waals surface area contributed by atoms with Gasteiger partial charge in [-0.25, -0.2) is 13.2 Å². The highest BCUT2D eigenvalue weighted by atomic mass is 32.1. The Hall–Kier alpha value is -4.64. The molecular formula is C39H45F3N4O6S. The number of piperidine rings is 2. The van der Waals surface area contributed by atoms with Gasteiger partial charge in [0.1, 0.15) is 18.2 Å². The number of aliphatic carboxylic acids is 1. The van der Waals surface area contributed by atoms with Crippen molar-refractivity contribution in [3.63, 3.8) is 0 Å². The number of para-hydroxylation sites is 1. The number of nitrogens with zero attached hydrogens (tertiary/aromatic N) is 4. The molecule has 2 fully saturated rings. The number of pyridine rings is 1. The fourth-order valence-corrected chi connectivity index (χ4v) is 8.20. The largest absolute Gasteiger partial charge is 0.490 e. The highest BCUT2D eigenvalue weighted by molar-refractivity contribution is 7.10. The molecule has 0 radical (unpaired) electrons. The number of amides is 2. The molecule has 53 heavy (non-hydrogen) atoms. The van der Waals surface area contributed by atoms with Crippen molar-refractivity contribution in [2.24, 2.45) is 0 Å². The number of benzene rings is 1. The van der Waals surface area contributed by atoms with Crippen LogP contribution in [-0.2, 0) is 27.6 Å². The lowest BCUT2D eigenvalue weighted by molar-refractivity contribution is -0.160. The number of rotatable bonds is 14. The van der Waals surface area contributed by atoms with Crippen LogP contribution in [0, 0.1) is 11.3 Å². The Morgan fingerprint density at radius 1 is 1.17 bits per heavy atom. The van der Waals surface area contributed by atoms with Crippen molar-refractivity contribution in [1.29, 1.82) is 5.26 Å². The molecule has 2 saturated heterocycles. The Labute approximate surface area is 311 Å². The summed E-state index contributed by atoms with van der Waals surface area (Å²) < 4.78 is 55.9. The number of nitriles is 1. The van der Waals surface area contributed by atoms with E-state index in [-0.39, 0.29) is 63.1 Å². The van der Waals surface area contributed by atoms with Crippen molar-refractivity contribution in [2.45, 2.75) is 108 Å². The Bertz CT molecular complexity index is 1820. The van der Waals surface area contributed by atoms with Crippen LogP contribution in [0.4, 0.5) is 13.2 Å². The van der Waals surface area contributed by atoms with Gasteiger partial charge in [-0.2, -0.15) is 5.26 Å². The molecule has 0 saturated carbocycles. The first-order valence-corrected chi connectivity index (χ1v) is 18.8. The molecule has 3 aromatic rings. The smallest absolute Gasteiger partial charge is 0.303 e. The second kappa shape index (κ2) is 16.6. The third-order valence-electron chi connectivity index (χ3n) is 10.2. The van der Waals surface area contributed by atoms with Crippen molar-refractivity contribution in [3.8, 4) is 17.6 Å². The maximum Gasteiger partial charge on any atom is 0.303 e. The van der Waals surface area contributed by atoms with Crippen LogP contribution in [0.3, 0.4) is 0 Å². The second-order valence-corrected chi connectivity index (χ2v) is 14.9. The fourth-order valence-electron chi connectivity index (χ4n) is 7.57. The minimum absolute atomic E-state index is 0.0649. The molecule has 2 aromatic heterocycles. The van der Waals surface area contributed by atoms with E-state index in [9.17, 15) is 28.0 Å². The third kappa shape index (κ3) is 8.45. The molecule has 1 unspecified atom stereocenters. The van der Waals surface area contributed by atoms with Gasteiger partial charge in [-0.1, -0.05) is 31.5 Å². The number of alkyl halides is 3. The fraction of sp³-hybridized carbons (Fsp3) is 0.513. The van der Waals surface area contributed by atoms with Crippen LogP contribution < -0.4 is 9.47 Å². The summed E-state index contributed by atoms with van der Waals surface area (Å²) in [6.07, 6.45) is 4.05. The molecule has 2 aliphatic heterocycles. The number of carboxylic acids is 1. The lowest BCUT2D eigenvalue weighted by Gasteiger charge is -2.51. The molecule has 14 heteroatoms. The van der Waals surface area contributed by atoms with E-state index in [2.05, 4.69) is 11.1 Å². The van der Waals surface area contributed by atoms with Gasteiger partial charge in [0.2, 0.25) is 5.60 Å². The average Bonchev–Trinajstić information content (AvgIpc) is 3.61. The maximum atomic E-state index is 15.1. The van der Waals surface area contributed by atoms with Crippen LogP contribution in [0.1, 0.15) is 98.5 Å². The first-order chi connectivity index (χ1) is 25.3. The van der Waals surface area contributed by atoms with Gasteiger partial charge in [0, 0.05) is 73.2 Å². The lowest BCUT2D eigenvalue weighted by Crippen LogP contribution is -2.68. The maximum absolute atomic E-state index is 15.1. The number of thiophene rings is 1. The predicted molar refractivity (Wildman–Crippen MR) is 192 cm³/mol. The normalized spacial score (nSPS) is 20.7. The molecule has 10 nitrogen and oxygen atoms in total. The van der Waals surface area contributed by atoms with Crippen molar-refractivity contribution in [1.82, 2.24) is 14.8 Å². The standard InChI is InChI=1S/C39H45F3N4O6S/c1-4-8-33-39(52-27-21-28(22-40)53-24-27,14-7-18-46(33)35(49)29-23-44-17-13-30(29)37(3,41)42)36(50)45-19-15-38(25-43,16-20-45)31-9-5-6-10-32(31)51-26(2)11-12-34(47)48/h5-6,9-10,13,17,21,23-24,26,33H,4,7-8,11-12,14-16,18-20,22H2,1-3H3,(H,47,48)/t26?,33-,39+/m1/s1. The third-order valence-corrected chi connectivity index (χ3v) is 11.1. The van der Waals surface area contributed by atoms with Gasteiger partial charge in [-0.15, -0.1) is 11.3 Å². The summed E-state index contributed by atoms with van der Waals surface area (Å²) in [4.78, 5) is 47.9. The van der Waals surface area contributed by atoms with E-state index >= 15 is 4.79 Å². The SMILES string of the molecule is CCC[C@H]1N(C(=O)c2cnccc2C(C)(F)F)CCC[C@@]1(Oc1csc(CF)c1)C(=O)N1CCC(C#N)(c2ccccc2OC(C)CCC(=O)O)CC1. The summed E-state index contributed by atoms with van der Waals surface area (Å²) in [6.45, 7) is 4.21. The number of carboxylic acid groups (broad SMARTS) is 1. The molecule has 3 atom stereocenters. The molecule has 0 bridgehead atoms. The molecule has 2 aliphatic rings. The molecule has 1 aromatic carbocycles. The average molecular weight is 755 g/mol. The van der Waals surface area contributed by atoms with Gasteiger partial charge >= 0.3 is 5.97 Å². The zero-order valence-corrected chi connectivity index (χ0v) is 31.0. The molecule has 0 spiro atoms. The minimum atomic E-state index is -3.33. The number of carbonyl (C=O) groups excluding carboxylic acids is 2. The van der Waals surface area contributed by atoms with Gasteiger partial charge in [0.05, 0.1) is 29.2 Å². The van der Waals surface area contributed by atoms with E-state index < -0.39 is 59.1 Å². The van der Waals surface area contributed by atoms with Crippen molar-refractivity contribution < 1.29 is 42.1 Å². The topological polar surface area (TPSA) is 133 Å². The molecule has 4 heterocycles. The van der Waals surface area contributed by atoms with E-state index in [1.807, 2.05) is 13.0 Å². The summed E-state index contributed by atoms with van der Waals surface area (Å²) in [5.74, 6) is -4.58. The van der Waals surface area contributed by atoms with Crippen LogP contribution in [0.15, 0.2) is 54.2 Å². The van der Waals surface area contributed by atoms with Gasteiger partial charge in [0.25, 0.3) is 17.7 Å². The number of hydrogen-bond acceptors (Lipinski definition) is 8. The molecule has 2 amide bonds. The van der Waals surface area contributed by atoms with Crippen LogP contribution in [-0.4, -0.2) is 75.1 Å². The molecular weight excluding hydrogens is 710 g/mol. The molecule has 284 valence electrons. The number of halogens is 3. The molecule has 1 N–H and O–H groups in total. The molecule has 0 aliphatic carbocycles. The summed E-state index contributed by atoms with van der Waals surface area (Å²) in [5, 5.41) is 21.4. The number of hydrogen-bond donors (Lipinski definition) is 1. The number of aromatic nitrogens is 1. The zero-order valence-electron chi connectivity index (χ0n) is 30.2.